The molecule has 0 saturated carbocycles. The van der Waals surface area contributed by atoms with E-state index in [0.717, 1.165) is 12.8 Å². The monoisotopic (exact) mass is 266 g/mol. The fourth-order valence-corrected chi connectivity index (χ4v) is 3.07. The molecule has 0 fully saturated rings. The minimum Gasteiger partial charge on any atom is -0.393 e. The molecule has 104 valence electrons. The zero-order chi connectivity index (χ0) is 13.1. The molecule has 0 aromatic carbocycles. The molecule has 0 saturated heterocycles. The summed E-state index contributed by atoms with van der Waals surface area (Å²) in [6.07, 6.45) is 5.84. The summed E-state index contributed by atoms with van der Waals surface area (Å²) < 4.78 is 11.7. The maximum Gasteiger partial charge on any atom is 0.138 e. The van der Waals surface area contributed by atoms with Gasteiger partial charge in [0.2, 0.25) is 0 Å². The minimum atomic E-state index is -2.94. The van der Waals surface area contributed by atoms with Gasteiger partial charge in [-0.25, -0.2) is 0 Å². The van der Waals surface area contributed by atoms with Crippen LogP contribution in [0, 0.1) is 0 Å². The van der Waals surface area contributed by atoms with Crippen LogP contribution in [0.2, 0.25) is 0 Å². The zero-order valence-electron chi connectivity index (χ0n) is 10.8. The number of hydrogen-bond donors (Lipinski definition) is 3. The van der Waals surface area contributed by atoms with Gasteiger partial charge >= 0.3 is 0 Å². The molecule has 0 amide bonds. The second-order valence-corrected chi connectivity index (χ2v) is 7.78. The van der Waals surface area contributed by atoms with Crippen molar-refractivity contribution >= 4 is 7.14 Å². The van der Waals surface area contributed by atoms with E-state index < -0.39 is 25.9 Å². The van der Waals surface area contributed by atoms with Crippen molar-refractivity contribution in [2.24, 2.45) is 0 Å². The van der Waals surface area contributed by atoms with E-state index in [1.54, 1.807) is 0 Å². The molecule has 0 spiro atoms. The van der Waals surface area contributed by atoms with Crippen molar-refractivity contribution in [3.8, 4) is 0 Å². The van der Waals surface area contributed by atoms with Gasteiger partial charge in [0, 0.05) is 6.16 Å². The largest absolute Gasteiger partial charge is 0.393 e. The normalized spacial score (nSPS) is 13.9. The molecule has 5 heteroatoms. The lowest BCUT2D eigenvalue weighted by molar-refractivity contribution is 0.179. The molecule has 0 aliphatic carbocycles. The van der Waals surface area contributed by atoms with Crippen LogP contribution in [0.25, 0.3) is 0 Å². The first-order chi connectivity index (χ1) is 8.08. The number of unbranched alkanes of at least 4 members (excludes halogenated alkanes) is 5. The maximum atomic E-state index is 11.7. The van der Waals surface area contributed by atoms with Gasteiger partial charge in [-0.15, -0.1) is 0 Å². The standard InChI is InChI=1S/C12H27O4P/c1-2-3-4-5-6-7-8-12(15)9-17(16,10-13)11-14/h12-15H,2-11H2,1H3. The Bertz CT molecular complexity index is 213. The van der Waals surface area contributed by atoms with E-state index in [9.17, 15) is 9.67 Å². The van der Waals surface area contributed by atoms with Crippen LogP contribution in [0.1, 0.15) is 51.9 Å². The van der Waals surface area contributed by atoms with Gasteiger partial charge in [0.1, 0.15) is 7.14 Å². The topological polar surface area (TPSA) is 77.8 Å². The predicted molar refractivity (Wildman–Crippen MR) is 70.6 cm³/mol. The van der Waals surface area contributed by atoms with Crippen LogP contribution in [-0.4, -0.2) is 40.3 Å². The Kier molecular flexibility index (Phi) is 10.1. The van der Waals surface area contributed by atoms with E-state index in [4.69, 9.17) is 10.2 Å². The summed E-state index contributed by atoms with van der Waals surface area (Å²) in [6.45, 7) is 2.17. The second kappa shape index (κ2) is 10.1. The number of aliphatic hydroxyl groups is 3. The van der Waals surface area contributed by atoms with E-state index in [2.05, 4.69) is 6.92 Å². The van der Waals surface area contributed by atoms with Gasteiger partial charge < -0.3 is 19.9 Å². The van der Waals surface area contributed by atoms with Crippen molar-refractivity contribution in [2.45, 2.75) is 58.0 Å². The van der Waals surface area contributed by atoms with E-state index in [1.165, 1.54) is 25.7 Å². The quantitative estimate of drug-likeness (QED) is 0.396. The Morgan fingerprint density at radius 2 is 1.53 bits per heavy atom. The molecule has 4 nitrogen and oxygen atoms in total. The van der Waals surface area contributed by atoms with Gasteiger partial charge in [-0.1, -0.05) is 45.4 Å². The highest BCUT2D eigenvalue weighted by Gasteiger charge is 2.23. The average molecular weight is 266 g/mol. The highest BCUT2D eigenvalue weighted by molar-refractivity contribution is 7.63. The summed E-state index contributed by atoms with van der Waals surface area (Å²) in [5.74, 6) is 0. The Hall–Kier alpha value is 0.110. The lowest BCUT2D eigenvalue weighted by Gasteiger charge is -2.17. The second-order valence-electron chi connectivity index (χ2n) is 4.73. The lowest BCUT2D eigenvalue weighted by atomic mass is 10.1. The molecule has 0 bridgehead atoms. The fourth-order valence-electron chi connectivity index (χ4n) is 1.80. The fraction of sp³-hybridized carbons (Fsp3) is 1.00. The number of hydrogen-bond acceptors (Lipinski definition) is 4. The molecule has 0 radical (unpaired) electrons. The first-order valence-corrected chi connectivity index (χ1v) is 8.81. The molecule has 0 aromatic rings. The SMILES string of the molecule is CCCCCCCCC(O)CP(=O)(CO)CO. The van der Waals surface area contributed by atoms with E-state index >= 15 is 0 Å². The van der Waals surface area contributed by atoms with Crippen molar-refractivity contribution in [1.29, 1.82) is 0 Å². The van der Waals surface area contributed by atoms with Gasteiger partial charge in [0.15, 0.2) is 0 Å². The molecule has 1 unspecified atom stereocenters. The molecule has 17 heavy (non-hydrogen) atoms. The summed E-state index contributed by atoms with van der Waals surface area (Å²) in [4.78, 5) is 0. The Labute approximate surface area is 104 Å². The Morgan fingerprint density at radius 3 is 2.06 bits per heavy atom. The summed E-state index contributed by atoms with van der Waals surface area (Å²) >= 11 is 0. The first-order valence-electron chi connectivity index (χ1n) is 6.55. The summed E-state index contributed by atoms with van der Waals surface area (Å²) in [7, 11) is -2.94. The van der Waals surface area contributed by atoms with Crippen molar-refractivity contribution in [2.75, 3.05) is 18.9 Å². The van der Waals surface area contributed by atoms with Gasteiger partial charge in [-0.2, -0.15) is 0 Å². The third-order valence-corrected chi connectivity index (χ3v) is 5.07. The summed E-state index contributed by atoms with van der Waals surface area (Å²) in [5.41, 5.74) is 0. The third kappa shape index (κ3) is 8.78. The van der Waals surface area contributed by atoms with Gasteiger partial charge in [-0.3, -0.25) is 0 Å². The van der Waals surface area contributed by atoms with Crippen LogP contribution < -0.4 is 0 Å². The maximum absolute atomic E-state index is 11.7. The highest BCUT2D eigenvalue weighted by Crippen LogP contribution is 2.43. The van der Waals surface area contributed by atoms with Crippen molar-refractivity contribution in [3.05, 3.63) is 0 Å². The molecule has 1 atom stereocenters. The van der Waals surface area contributed by atoms with E-state index in [1.807, 2.05) is 0 Å². The van der Waals surface area contributed by atoms with Crippen molar-refractivity contribution in [3.63, 3.8) is 0 Å². The van der Waals surface area contributed by atoms with Crippen LogP contribution in [-0.2, 0) is 4.57 Å². The Morgan fingerprint density at radius 1 is 1.00 bits per heavy atom. The molecule has 0 rings (SSSR count). The van der Waals surface area contributed by atoms with Gasteiger partial charge in [0.05, 0.1) is 18.8 Å². The van der Waals surface area contributed by atoms with Gasteiger partial charge in [0.25, 0.3) is 0 Å². The highest BCUT2D eigenvalue weighted by atomic mass is 31.2. The minimum absolute atomic E-state index is 0.0367. The zero-order valence-corrected chi connectivity index (χ0v) is 11.7. The van der Waals surface area contributed by atoms with Crippen LogP contribution in [0.4, 0.5) is 0 Å². The van der Waals surface area contributed by atoms with Crippen LogP contribution in [0.3, 0.4) is 0 Å². The van der Waals surface area contributed by atoms with Crippen molar-refractivity contribution < 1.29 is 19.9 Å². The summed E-state index contributed by atoms with van der Waals surface area (Å²) in [6, 6.07) is 0. The molecule has 0 aromatic heterocycles. The van der Waals surface area contributed by atoms with Gasteiger partial charge in [-0.05, 0) is 6.42 Å². The van der Waals surface area contributed by atoms with Crippen molar-refractivity contribution in [1.82, 2.24) is 0 Å². The van der Waals surface area contributed by atoms with Crippen LogP contribution >= 0.6 is 7.14 Å². The van der Waals surface area contributed by atoms with E-state index in [-0.39, 0.29) is 6.16 Å². The molecule has 0 aliphatic rings. The smallest absolute Gasteiger partial charge is 0.138 e. The third-order valence-electron chi connectivity index (χ3n) is 2.95. The molecular formula is C12H27O4P. The molecule has 0 heterocycles. The summed E-state index contributed by atoms with van der Waals surface area (Å²) in [5, 5.41) is 27.4. The molecular weight excluding hydrogens is 239 g/mol. The number of rotatable bonds is 11. The average Bonchev–Trinajstić information content (AvgIpc) is 2.33. The Balaban J connectivity index is 3.59. The van der Waals surface area contributed by atoms with Crippen LogP contribution in [0.5, 0.6) is 0 Å². The molecule has 3 N–H and O–H groups in total. The molecule has 0 aliphatic heterocycles. The predicted octanol–water partition coefficient (Wildman–Crippen LogP) is 2.36. The first kappa shape index (κ1) is 17.1. The lowest BCUT2D eigenvalue weighted by Crippen LogP contribution is -2.15. The van der Waals surface area contributed by atoms with Crippen LogP contribution in [0.15, 0.2) is 0 Å². The van der Waals surface area contributed by atoms with E-state index in [0.29, 0.717) is 6.42 Å². The number of aliphatic hydroxyl groups excluding tert-OH is 3.